The summed E-state index contributed by atoms with van der Waals surface area (Å²) < 4.78 is 25.5. The highest BCUT2D eigenvalue weighted by Gasteiger charge is 2.37. The SMILES string of the molecule is CC(C)(CC(C)(N)C(F)F)c1ccccc1. The maximum atomic E-state index is 12.7. The van der Waals surface area contributed by atoms with Crippen molar-refractivity contribution in [1.82, 2.24) is 0 Å². The summed E-state index contributed by atoms with van der Waals surface area (Å²) >= 11 is 0. The topological polar surface area (TPSA) is 26.0 Å². The fourth-order valence-electron chi connectivity index (χ4n) is 2.02. The number of alkyl halides is 2. The molecule has 0 radical (unpaired) electrons. The summed E-state index contributed by atoms with van der Waals surface area (Å²) in [5.41, 5.74) is 4.88. The summed E-state index contributed by atoms with van der Waals surface area (Å²) in [5, 5.41) is 0. The molecule has 1 rings (SSSR count). The van der Waals surface area contributed by atoms with E-state index >= 15 is 0 Å². The molecule has 1 nitrogen and oxygen atoms in total. The van der Waals surface area contributed by atoms with Gasteiger partial charge in [0.05, 0.1) is 5.54 Å². The van der Waals surface area contributed by atoms with Gasteiger partial charge >= 0.3 is 0 Å². The third-order valence-electron chi connectivity index (χ3n) is 2.88. The highest BCUT2D eigenvalue weighted by atomic mass is 19.3. The highest BCUT2D eigenvalue weighted by Crippen LogP contribution is 2.33. The van der Waals surface area contributed by atoms with Crippen molar-refractivity contribution in [2.75, 3.05) is 0 Å². The second kappa shape index (κ2) is 4.50. The van der Waals surface area contributed by atoms with Crippen LogP contribution in [0.1, 0.15) is 32.8 Å². The summed E-state index contributed by atoms with van der Waals surface area (Å²) in [6, 6.07) is 9.62. The molecule has 0 aliphatic carbocycles. The van der Waals surface area contributed by atoms with Crippen LogP contribution in [0.4, 0.5) is 8.78 Å². The third kappa shape index (κ3) is 3.01. The minimum Gasteiger partial charge on any atom is -0.321 e. The van der Waals surface area contributed by atoms with Crippen LogP contribution < -0.4 is 5.73 Å². The van der Waals surface area contributed by atoms with Crippen LogP contribution >= 0.6 is 0 Å². The van der Waals surface area contributed by atoms with Gasteiger partial charge in [-0.1, -0.05) is 44.2 Å². The quantitative estimate of drug-likeness (QED) is 0.838. The van der Waals surface area contributed by atoms with Crippen molar-refractivity contribution < 1.29 is 8.78 Å². The van der Waals surface area contributed by atoms with Gasteiger partial charge < -0.3 is 5.73 Å². The van der Waals surface area contributed by atoms with Gasteiger partial charge in [-0.05, 0) is 24.3 Å². The van der Waals surface area contributed by atoms with Gasteiger partial charge in [-0.2, -0.15) is 0 Å². The first-order valence-electron chi connectivity index (χ1n) is 5.38. The molecule has 90 valence electrons. The molecule has 0 saturated carbocycles. The summed E-state index contributed by atoms with van der Waals surface area (Å²) in [5.74, 6) is 0. The van der Waals surface area contributed by atoms with Crippen LogP contribution in [-0.2, 0) is 5.41 Å². The maximum absolute atomic E-state index is 12.7. The molecule has 0 heterocycles. The first-order valence-corrected chi connectivity index (χ1v) is 5.38. The first kappa shape index (κ1) is 13.1. The van der Waals surface area contributed by atoms with E-state index in [1.165, 1.54) is 6.92 Å². The molecule has 0 aromatic heterocycles. The molecule has 1 aromatic rings. The smallest absolute Gasteiger partial charge is 0.256 e. The van der Waals surface area contributed by atoms with Gasteiger partial charge in [0, 0.05) is 0 Å². The van der Waals surface area contributed by atoms with Crippen molar-refractivity contribution in [2.45, 2.75) is 44.6 Å². The molecule has 0 amide bonds. The molecule has 1 atom stereocenters. The van der Waals surface area contributed by atoms with Crippen LogP contribution in [0.3, 0.4) is 0 Å². The summed E-state index contributed by atoms with van der Waals surface area (Å²) in [6.45, 7) is 5.29. The number of hydrogen-bond acceptors (Lipinski definition) is 1. The molecular weight excluding hydrogens is 208 g/mol. The van der Waals surface area contributed by atoms with E-state index < -0.39 is 12.0 Å². The van der Waals surface area contributed by atoms with Crippen molar-refractivity contribution in [3.05, 3.63) is 35.9 Å². The van der Waals surface area contributed by atoms with Gasteiger partial charge in [-0.25, -0.2) is 8.78 Å². The molecule has 2 N–H and O–H groups in total. The van der Waals surface area contributed by atoms with Gasteiger partial charge in [-0.15, -0.1) is 0 Å². The van der Waals surface area contributed by atoms with Gasteiger partial charge in [-0.3, -0.25) is 0 Å². The molecule has 16 heavy (non-hydrogen) atoms. The van der Waals surface area contributed by atoms with E-state index in [9.17, 15) is 8.78 Å². The standard InChI is InChI=1S/C13H19F2N/c1-12(2,9-13(3,16)11(14)15)10-7-5-4-6-8-10/h4-8,11H,9,16H2,1-3H3. The van der Waals surface area contributed by atoms with Gasteiger partial charge in [0.15, 0.2) is 0 Å². The van der Waals surface area contributed by atoms with E-state index in [2.05, 4.69) is 0 Å². The van der Waals surface area contributed by atoms with Crippen LogP contribution in [0.25, 0.3) is 0 Å². The number of hydrogen-bond donors (Lipinski definition) is 1. The Balaban J connectivity index is 2.88. The normalized spacial score (nSPS) is 16.2. The minimum absolute atomic E-state index is 0.252. The van der Waals surface area contributed by atoms with Crippen molar-refractivity contribution >= 4 is 0 Å². The van der Waals surface area contributed by atoms with Crippen LogP contribution in [0, 0.1) is 0 Å². The Morgan fingerprint density at radius 1 is 1.12 bits per heavy atom. The molecule has 0 saturated heterocycles. The van der Waals surface area contributed by atoms with E-state index in [1.54, 1.807) is 0 Å². The van der Waals surface area contributed by atoms with Crippen LogP contribution in [0.15, 0.2) is 30.3 Å². The fourth-order valence-corrected chi connectivity index (χ4v) is 2.02. The zero-order chi connectivity index (χ0) is 12.4. The Hall–Kier alpha value is -0.960. The Labute approximate surface area is 95.7 Å². The molecule has 0 bridgehead atoms. The van der Waals surface area contributed by atoms with Gasteiger partial charge in [0.2, 0.25) is 0 Å². The summed E-state index contributed by atoms with van der Waals surface area (Å²) in [4.78, 5) is 0. The zero-order valence-electron chi connectivity index (χ0n) is 10.0. The monoisotopic (exact) mass is 227 g/mol. The predicted molar refractivity (Wildman–Crippen MR) is 62.7 cm³/mol. The van der Waals surface area contributed by atoms with Crippen molar-refractivity contribution in [2.24, 2.45) is 5.73 Å². The van der Waals surface area contributed by atoms with E-state index in [0.717, 1.165) is 5.56 Å². The van der Waals surface area contributed by atoms with Gasteiger partial charge in [0.25, 0.3) is 6.43 Å². The van der Waals surface area contributed by atoms with E-state index in [0.29, 0.717) is 0 Å². The average Bonchev–Trinajstić information content (AvgIpc) is 2.17. The highest BCUT2D eigenvalue weighted by molar-refractivity contribution is 5.24. The van der Waals surface area contributed by atoms with E-state index in [4.69, 9.17) is 5.73 Å². The fraction of sp³-hybridized carbons (Fsp3) is 0.538. The molecule has 0 spiro atoms. The average molecular weight is 227 g/mol. The van der Waals surface area contributed by atoms with Crippen molar-refractivity contribution in [1.29, 1.82) is 0 Å². The molecule has 0 aliphatic heterocycles. The second-order valence-corrected chi connectivity index (χ2v) is 5.23. The Morgan fingerprint density at radius 2 is 1.62 bits per heavy atom. The number of rotatable bonds is 4. The molecular formula is C13H19F2N. The Morgan fingerprint density at radius 3 is 2.06 bits per heavy atom. The largest absolute Gasteiger partial charge is 0.321 e. The van der Waals surface area contributed by atoms with Crippen molar-refractivity contribution in [3.8, 4) is 0 Å². The molecule has 0 aliphatic rings. The minimum atomic E-state index is -2.50. The lowest BCUT2D eigenvalue weighted by molar-refractivity contribution is 0.0475. The van der Waals surface area contributed by atoms with Crippen molar-refractivity contribution in [3.63, 3.8) is 0 Å². The van der Waals surface area contributed by atoms with Crippen LogP contribution in [0.5, 0.6) is 0 Å². The lowest BCUT2D eigenvalue weighted by atomic mass is 9.75. The van der Waals surface area contributed by atoms with Crippen LogP contribution in [0.2, 0.25) is 0 Å². The molecule has 3 heteroatoms. The Bertz CT molecular complexity index is 331. The third-order valence-corrected chi connectivity index (χ3v) is 2.88. The first-order chi connectivity index (χ1) is 7.26. The van der Waals surface area contributed by atoms with Crippen LogP contribution in [-0.4, -0.2) is 12.0 Å². The molecule has 0 fully saturated rings. The van der Waals surface area contributed by atoms with E-state index in [-0.39, 0.29) is 11.8 Å². The van der Waals surface area contributed by atoms with Gasteiger partial charge in [0.1, 0.15) is 0 Å². The second-order valence-electron chi connectivity index (χ2n) is 5.23. The maximum Gasteiger partial charge on any atom is 0.256 e. The molecule has 1 aromatic carbocycles. The number of benzene rings is 1. The number of nitrogens with two attached hydrogens (primary N) is 1. The van der Waals surface area contributed by atoms with E-state index in [1.807, 2.05) is 44.2 Å². The summed E-state index contributed by atoms with van der Waals surface area (Å²) in [7, 11) is 0. The molecule has 1 unspecified atom stereocenters. The Kier molecular flexibility index (Phi) is 3.68. The predicted octanol–water partition coefficient (Wildman–Crippen LogP) is 3.34. The lowest BCUT2D eigenvalue weighted by Gasteiger charge is -2.34. The number of halogens is 2. The lowest BCUT2D eigenvalue weighted by Crippen LogP contribution is -2.48. The summed E-state index contributed by atoms with van der Waals surface area (Å²) in [6.07, 6.45) is -2.25. The zero-order valence-corrected chi connectivity index (χ0v) is 10.0.